The van der Waals surface area contributed by atoms with Crippen LogP contribution in [0, 0.1) is 13.8 Å². The molecule has 0 aliphatic heterocycles. The minimum Gasteiger partial charge on any atom is -0.466 e. The lowest BCUT2D eigenvalue weighted by atomic mass is 10.2. The molecule has 118 valence electrons. The van der Waals surface area contributed by atoms with E-state index in [2.05, 4.69) is 10.6 Å². The van der Waals surface area contributed by atoms with Crippen molar-refractivity contribution in [2.45, 2.75) is 20.0 Å². The van der Waals surface area contributed by atoms with Crippen molar-refractivity contribution < 1.29 is 22.4 Å². The maximum absolute atomic E-state index is 12.3. The van der Waals surface area contributed by atoms with E-state index < -0.39 is 18.6 Å². The first kappa shape index (κ1) is 15.9. The summed E-state index contributed by atoms with van der Waals surface area (Å²) in [5.74, 6) is 0.609. The third-order valence-corrected chi connectivity index (χ3v) is 2.94. The Bertz CT molecular complexity index is 678. The van der Waals surface area contributed by atoms with Crippen LogP contribution in [0.5, 0.6) is 0 Å². The van der Waals surface area contributed by atoms with Crippen LogP contribution in [-0.4, -0.2) is 18.6 Å². The molecule has 22 heavy (non-hydrogen) atoms. The Hall–Kier alpha value is -2.44. The Morgan fingerprint density at radius 2 is 1.82 bits per heavy atom. The zero-order valence-electron chi connectivity index (χ0n) is 12.0. The molecule has 0 radical (unpaired) electrons. The predicted octanol–water partition coefficient (Wildman–Crippen LogP) is 4.12. The first-order valence-corrected chi connectivity index (χ1v) is 6.54. The summed E-state index contributed by atoms with van der Waals surface area (Å²) in [4.78, 5) is 12.2. The van der Waals surface area contributed by atoms with Gasteiger partial charge in [-0.3, -0.25) is 4.79 Å². The fourth-order valence-electron chi connectivity index (χ4n) is 1.99. The monoisotopic (exact) mass is 312 g/mol. The summed E-state index contributed by atoms with van der Waals surface area (Å²) in [5, 5.41) is 4.86. The number of hydrogen-bond acceptors (Lipinski definition) is 3. The topological polar surface area (TPSA) is 54.3 Å². The van der Waals surface area contributed by atoms with Crippen LogP contribution in [0.1, 0.15) is 21.9 Å². The van der Waals surface area contributed by atoms with E-state index in [1.54, 1.807) is 32.0 Å². The summed E-state index contributed by atoms with van der Waals surface area (Å²) < 4.78 is 42.2. The Labute approximate surface area is 125 Å². The minimum atomic E-state index is -4.34. The minimum absolute atomic E-state index is 0.200. The number of anilines is 2. The second-order valence-corrected chi connectivity index (χ2v) is 4.80. The highest BCUT2D eigenvalue weighted by Gasteiger charge is 2.27. The molecule has 0 aliphatic carbocycles. The molecule has 0 spiro atoms. The summed E-state index contributed by atoms with van der Waals surface area (Å²) in [6, 6.07) is 7.79. The quantitative estimate of drug-likeness (QED) is 0.893. The molecule has 0 atom stereocenters. The molecule has 1 aromatic carbocycles. The molecule has 1 aromatic heterocycles. The Morgan fingerprint density at radius 1 is 1.18 bits per heavy atom. The van der Waals surface area contributed by atoms with E-state index in [0.29, 0.717) is 17.1 Å². The molecule has 2 N–H and O–H groups in total. The van der Waals surface area contributed by atoms with Gasteiger partial charge in [-0.1, -0.05) is 12.1 Å². The van der Waals surface area contributed by atoms with Crippen molar-refractivity contribution in [2.75, 3.05) is 17.2 Å². The van der Waals surface area contributed by atoms with Gasteiger partial charge in [0.1, 0.15) is 18.1 Å². The molecule has 7 heteroatoms. The summed E-state index contributed by atoms with van der Waals surface area (Å²) in [6.45, 7) is 2.18. The van der Waals surface area contributed by atoms with Crippen LogP contribution in [0.3, 0.4) is 0 Å². The molecule has 0 unspecified atom stereocenters. The SMILES string of the molecule is Cc1cc(C(=O)Nc2ccccc2NCC(F)(F)F)c(C)o1. The van der Waals surface area contributed by atoms with Crippen LogP contribution in [0.25, 0.3) is 0 Å². The number of amides is 1. The number of hydrogen-bond donors (Lipinski definition) is 2. The lowest BCUT2D eigenvalue weighted by Crippen LogP contribution is -2.22. The largest absolute Gasteiger partial charge is 0.466 e. The van der Waals surface area contributed by atoms with Crippen molar-refractivity contribution in [1.82, 2.24) is 0 Å². The van der Waals surface area contributed by atoms with Crippen LogP contribution in [0.15, 0.2) is 34.7 Å². The van der Waals surface area contributed by atoms with Gasteiger partial charge < -0.3 is 15.1 Å². The van der Waals surface area contributed by atoms with E-state index in [0.717, 1.165) is 0 Å². The van der Waals surface area contributed by atoms with Crippen LogP contribution >= 0.6 is 0 Å². The smallest absolute Gasteiger partial charge is 0.405 e. The van der Waals surface area contributed by atoms with Gasteiger partial charge >= 0.3 is 6.18 Å². The normalized spacial score (nSPS) is 11.3. The lowest BCUT2D eigenvalue weighted by molar-refractivity contribution is -0.115. The Morgan fingerprint density at radius 3 is 2.36 bits per heavy atom. The maximum Gasteiger partial charge on any atom is 0.405 e. The fraction of sp³-hybridized carbons (Fsp3) is 0.267. The van der Waals surface area contributed by atoms with Gasteiger partial charge in [-0.05, 0) is 32.0 Å². The summed E-state index contributed by atoms with van der Waals surface area (Å²) in [6.07, 6.45) is -4.34. The molecule has 2 aromatic rings. The fourth-order valence-corrected chi connectivity index (χ4v) is 1.99. The van der Waals surface area contributed by atoms with Crippen LogP contribution < -0.4 is 10.6 Å². The molecule has 0 fully saturated rings. The molecule has 0 bridgehead atoms. The third kappa shape index (κ3) is 4.03. The van der Waals surface area contributed by atoms with Crippen LogP contribution in [-0.2, 0) is 0 Å². The van der Waals surface area contributed by atoms with Gasteiger partial charge in [0.2, 0.25) is 0 Å². The third-order valence-electron chi connectivity index (χ3n) is 2.94. The van der Waals surface area contributed by atoms with Gasteiger partial charge in [0.15, 0.2) is 0 Å². The first-order chi connectivity index (χ1) is 10.3. The summed E-state index contributed by atoms with van der Waals surface area (Å²) in [5.41, 5.74) is 0.823. The molecule has 2 rings (SSSR count). The van der Waals surface area contributed by atoms with E-state index in [9.17, 15) is 18.0 Å². The van der Waals surface area contributed by atoms with E-state index >= 15 is 0 Å². The van der Waals surface area contributed by atoms with Crippen molar-refractivity contribution in [3.05, 3.63) is 47.4 Å². The number of alkyl halides is 3. The highest BCUT2D eigenvalue weighted by Crippen LogP contribution is 2.25. The molecule has 1 heterocycles. The zero-order valence-corrected chi connectivity index (χ0v) is 12.0. The summed E-state index contributed by atoms with van der Waals surface area (Å²) >= 11 is 0. The van der Waals surface area contributed by atoms with Crippen molar-refractivity contribution in [2.24, 2.45) is 0 Å². The second-order valence-electron chi connectivity index (χ2n) is 4.80. The van der Waals surface area contributed by atoms with Crippen molar-refractivity contribution >= 4 is 17.3 Å². The number of nitrogens with one attached hydrogen (secondary N) is 2. The van der Waals surface area contributed by atoms with Gasteiger partial charge in [-0.2, -0.15) is 13.2 Å². The molecule has 0 saturated carbocycles. The number of halogens is 3. The van der Waals surface area contributed by atoms with Gasteiger partial charge in [0.25, 0.3) is 5.91 Å². The van der Waals surface area contributed by atoms with Gasteiger partial charge in [-0.15, -0.1) is 0 Å². The molecule has 1 amide bonds. The summed E-state index contributed by atoms with van der Waals surface area (Å²) in [7, 11) is 0. The van der Waals surface area contributed by atoms with Crippen molar-refractivity contribution in [3.8, 4) is 0 Å². The Kier molecular flexibility index (Phi) is 4.44. The van der Waals surface area contributed by atoms with Gasteiger partial charge in [0.05, 0.1) is 16.9 Å². The highest BCUT2D eigenvalue weighted by molar-refractivity contribution is 6.06. The van der Waals surface area contributed by atoms with Crippen LogP contribution in [0.2, 0.25) is 0 Å². The zero-order chi connectivity index (χ0) is 16.3. The average molecular weight is 312 g/mol. The number of rotatable bonds is 4. The number of carbonyl (C=O) groups excluding carboxylic acids is 1. The van der Waals surface area contributed by atoms with Crippen molar-refractivity contribution in [3.63, 3.8) is 0 Å². The van der Waals surface area contributed by atoms with E-state index in [1.165, 1.54) is 12.1 Å². The maximum atomic E-state index is 12.3. The number of furan rings is 1. The van der Waals surface area contributed by atoms with E-state index in [4.69, 9.17) is 4.42 Å². The van der Waals surface area contributed by atoms with Gasteiger partial charge in [-0.25, -0.2) is 0 Å². The molecular weight excluding hydrogens is 297 g/mol. The number of benzene rings is 1. The molecular formula is C15H15F3N2O2. The lowest BCUT2D eigenvalue weighted by Gasteiger charge is -2.14. The second kappa shape index (κ2) is 6.13. The average Bonchev–Trinajstić information content (AvgIpc) is 2.76. The van der Waals surface area contributed by atoms with E-state index in [1.807, 2.05) is 0 Å². The highest BCUT2D eigenvalue weighted by atomic mass is 19.4. The van der Waals surface area contributed by atoms with Crippen LogP contribution in [0.4, 0.5) is 24.5 Å². The number of aryl methyl sites for hydroxylation is 2. The number of carbonyl (C=O) groups is 1. The predicted molar refractivity (Wildman–Crippen MR) is 77.1 cm³/mol. The number of para-hydroxylation sites is 2. The van der Waals surface area contributed by atoms with Crippen molar-refractivity contribution in [1.29, 1.82) is 0 Å². The van der Waals surface area contributed by atoms with Gasteiger partial charge in [0, 0.05) is 0 Å². The Balaban J connectivity index is 2.16. The molecule has 4 nitrogen and oxygen atoms in total. The van der Waals surface area contributed by atoms with E-state index in [-0.39, 0.29) is 11.4 Å². The standard InChI is InChI=1S/C15H15F3N2O2/c1-9-7-11(10(2)22-9)14(21)20-13-6-4-3-5-12(13)19-8-15(16,17)18/h3-7,19H,8H2,1-2H3,(H,20,21). The molecule has 0 aliphatic rings. The molecule has 0 saturated heterocycles. The first-order valence-electron chi connectivity index (χ1n) is 6.54.